The molecular formula is C11H16F6N2O4. The van der Waals surface area contributed by atoms with Crippen LogP contribution in [0.25, 0.3) is 0 Å². The van der Waals surface area contributed by atoms with Crippen LogP contribution in [0.3, 0.4) is 0 Å². The van der Waals surface area contributed by atoms with Gasteiger partial charge >= 0.3 is 24.3 Å². The first kappa shape index (κ1) is 23.4. The van der Waals surface area contributed by atoms with Gasteiger partial charge in [0, 0.05) is 18.6 Å². The minimum absolute atomic E-state index is 0.311. The molecule has 6 nitrogen and oxygen atoms in total. The molecule has 23 heavy (non-hydrogen) atoms. The Morgan fingerprint density at radius 2 is 1.43 bits per heavy atom. The van der Waals surface area contributed by atoms with Gasteiger partial charge in [0.2, 0.25) is 0 Å². The SMILES string of the molecule is C[C@H]1C=CC[C@H](N)CN1.O=C(O)C(F)(F)F.O=C(O)C(F)(F)F. The van der Waals surface area contributed by atoms with Crippen molar-refractivity contribution in [2.24, 2.45) is 5.73 Å². The van der Waals surface area contributed by atoms with E-state index in [0.717, 1.165) is 13.0 Å². The fourth-order valence-corrected chi connectivity index (χ4v) is 0.946. The van der Waals surface area contributed by atoms with Crippen LogP contribution in [0.1, 0.15) is 13.3 Å². The highest BCUT2D eigenvalue weighted by atomic mass is 19.4. The predicted octanol–water partition coefficient (Wildman–Crippen LogP) is 1.52. The number of hydrogen-bond acceptors (Lipinski definition) is 4. The number of alkyl halides is 6. The van der Waals surface area contributed by atoms with Crippen molar-refractivity contribution in [3.8, 4) is 0 Å². The Bertz CT molecular complexity index is 384. The Balaban J connectivity index is 0. The third-order valence-corrected chi connectivity index (χ3v) is 2.05. The number of hydrogen-bond donors (Lipinski definition) is 4. The van der Waals surface area contributed by atoms with Crippen molar-refractivity contribution in [1.82, 2.24) is 5.32 Å². The zero-order valence-corrected chi connectivity index (χ0v) is 11.8. The van der Waals surface area contributed by atoms with Gasteiger partial charge in [0.05, 0.1) is 0 Å². The molecular weight excluding hydrogens is 338 g/mol. The van der Waals surface area contributed by atoms with Gasteiger partial charge in [-0.15, -0.1) is 0 Å². The zero-order chi connectivity index (χ0) is 18.8. The molecule has 1 aliphatic heterocycles. The van der Waals surface area contributed by atoms with Crippen LogP contribution in [0, 0.1) is 0 Å². The summed E-state index contributed by atoms with van der Waals surface area (Å²) in [5.74, 6) is -5.51. The second kappa shape index (κ2) is 10.0. The van der Waals surface area contributed by atoms with E-state index in [1.807, 2.05) is 0 Å². The summed E-state index contributed by atoms with van der Waals surface area (Å²) in [7, 11) is 0. The topological polar surface area (TPSA) is 113 Å². The van der Waals surface area contributed by atoms with E-state index in [1.165, 1.54) is 0 Å². The molecule has 12 heteroatoms. The highest BCUT2D eigenvalue weighted by Gasteiger charge is 2.38. The highest BCUT2D eigenvalue weighted by Crippen LogP contribution is 2.13. The standard InChI is InChI=1S/C7H14N2.2C2HF3O2/c1-6-3-2-4-7(8)5-9-6;2*3-2(4,5)1(6)7/h2-3,6-7,9H,4-5,8H2,1H3;2*(H,6,7)/t6-,7-;;/m0../s1. The van der Waals surface area contributed by atoms with Crippen LogP contribution < -0.4 is 11.1 Å². The monoisotopic (exact) mass is 354 g/mol. The van der Waals surface area contributed by atoms with E-state index in [0.29, 0.717) is 12.1 Å². The van der Waals surface area contributed by atoms with Crippen LogP contribution in [0.4, 0.5) is 26.3 Å². The van der Waals surface area contributed by atoms with E-state index >= 15 is 0 Å². The molecule has 0 aliphatic carbocycles. The number of carbonyl (C=O) groups is 2. The highest BCUT2D eigenvalue weighted by molar-refractivity contribution is 5.73. The molecule has 0 unspecified atom stereocenters. The van der Waals surface area contributed by atoms with Gasteiger partial charge in [-0.25, -0.2) is 9.59 Å². The van der Waals surface area contributed by atoms with Gasteiger partial charge in [-0.2, -0.15) is 26.3 Å². The van der Waals surface area contributed by atoms with Crippen LogP contribution in [0.5, 0.6) is 0 Å². The Morgan fingerprint density at radius 1 is 1.09 bits per heavy atom. The van der Waals surface area contributed by atoms with E-state index in [1.54, 1.807) is 0 Å². The van der Waals surface area contributed by atoms with Gasteiger partial charge in [-0.05, 0) is 13.3 Å². The molecule has 1 heterocycles. The fourth-order valence-electron chi connectivity index (χ4n) is 0.946. The first-order chi connectivity index (χ1) is 10.2. The molecule has 0 radical (unpaired) electrons. The Labute approximate surface area is 126 Å². The molecule has 2 atom stereocenters. The maximum absolute atomic E-state index is 10.6. The smallest absolute Gasteiger partial charge is 0.475 e. The second-order valence-electron chi connectivity index (χ2n) is 4.23. The molecule has 136 valence electrons. The first-order valence-electron chi connectivity index (χ1n) is 5.93. The van der Waals surface area contributed by atoms with Gasteiger partial charge in [0.1, 0.15) is 0 Å². The number of rotatable bonds is 0. The second-order valence-corrected chi connectivity index (χ2v) is 4.23. The number of carboxylic acid groups (broad SMARTS) is 2. The number of carboxylic acids is 2. The van der Waals surface area contributed by atoms with Crippen LogP contribution in [-0.4, -0.2) is 53.1 Å². The number of halogens is 6. The van der Waals surface area contributed by atoms with Crippen LogP contribution in [0.15, 0.2) is 12.2 Å². The molecule has 1 rings (SSSR count). The molecule has 0 aromatic carbocycles. The molecule has 0 aromatic heterocycles. The predicted molar refractivity (Wildman–Crippen MR) is 66.6 cm³/mol. The van der Waals surface area contributed by atoms with Crippen molar-refractivity contribution in [2.75, 3.05) is 6.54 Å². The van der Waals surface area contributed by atoms with E-state index in [-0.39, 0.29) is 0 Å². The van der Waals surface area contributed by atoms with Gasteiger partial charge < -0.3 is 21.3 Å². The maximum Gasteiger partial charge on any atom is 0.490 e. The summed E-state index contributed by atoms with van der Waals surface area (Å²) >= 11 is 0. The minimum Gasteiger partial charge on any atom is -0.475 e. The van der Waals surface area contributed by atoms with Crippen molar-refractivity contribution < 1.29 is 46.1 Å². The Kier molecular flexibility index (Phi) is 10.2. The van der Waals surface area contributed by atoms with Gasteiger partial charge in [-0.1, -0.05) is 12.2 Å². The molecule has 0 spiro atoms. The zero-order valence-electron chi connectivity index (χ0n) is 11.8. The maximum atomic E-state index is 10.6. The molecule has 0 aromatic rings. The van der Waals surface area contributed by atoms with Crippen molar-refractivity contribution in [3.63, 3.8) is 0 Å². The molecule has 0 saturated heterocycles. The molecule has 0 saturated carbocycles. The fraction of sp³-hybridized carbons (Fsp3) is 0.636. The van der Waals surface area contributed by atoms with Crippen molar-refractivity contribution in [2.45, 2.75) is 37.8 Å². The summed E-state index contributed by atoms with van der Waals surface area (Å²) in [5, 5.41) is 17.5. The summed E-state index contributed by atoms with van der Waals surface area (Å²) in [4.78, 5) is 17.8. The van der Waals surface area contributed by atoms with Crippen molar-refractivity contribution >= 4 is 11.9 Å². The molecule has 0 bridgehead atoms. The quantitative estimate of drug-likeness (QED) is 0.388. The molecule has 1 aliphatic rings. The Hall–Kier alpha value is -1.82. The van der Waals surface area contributed by atoms with Crippen LogP contribution >= 0.6 is 0 Å². The van der Waals surface area contributed by atoms with E-state index < -0.39 is 24.3 Å². The number of nitrogens with two attached hydrogens (primary N) is 1. The lowest BCUT2D eigenvalue weighted by molar-refractivity contribution is -0.193. The largest absolute Gasteiger partial charge is 0.490 e. The summed E-state index contributed by atoms with van der Waals surface area (Å²) in [6.45, 7) is 3.07. The molecule has 0 amide bonds. The van der Waals surface area contributed by atoms with Gasteiger partial charge in [-0.3, -0.25) is 0 Å². The summed E-state index contributed by atoms with van der Waals surface area (Å²) < 4.78 is 63.5. The number of nitrogens with one attached hydrogen (secondary N) is 1. The lowest BCUT2D eigenvalue weighted by Gasteiger charge is -2.08. The number of aliphatic carboxylic acids is 2. The van der Waals surface area contributed by atoms with Crippen LogP contribution in [0.2, 0.25) is 0 Å². The average Bonchev–Trinajstić information content (AvgIpc) is 2.53. The summed E-state index contributed by atoms with van der Waals surface area (Å²) in [6.07, 6.45) is -4.85. The van der Waals surface area contributed by atoms with Gasteiger partial charge in [0.25, 0.3) is 0 Å². The third-order valence-electron chi connectivity index (χ3n) is 2.05. The molecule has 5 N–H and O–H groups in total. The van der Waals surface area contributed by atoms with E-state index in [4.69, 9.17) is 25.5 Å². The van der Waals surface area contributed by atoms with E-state index in [9.17, 15) is 26.3 Å². The third kappa shape index (κ3) is 14.9. The molecule has 0 fully saturated rings. The summed E-state index contributed by atoms with van der Waals surface area (Å²) in [5.41, 5.74) is 5.68. The summed E-state index contributed by atoms with van der Waals surface area (Å²) in [6, 6.07) is 0.810. The van der Waals surface area contributed by atoms with Crippen molar-refractivity contribution in [1.29, 1.82) is 0 Å². The van der Waals surface area contributed by atoms with Crippen molar-refractivity contribution in [3.05, 3.63) is 12.2 Å². The minimum atomic E-state index is -5.08. The Morgan fingerprint density at radius 3 is 1.74 bits per heavy atom. The normalized spacial score (nSPS) is 21.0. The van der Waals surface area contributed by atoms with Crippen LogP contribution in [-0.2, 0) is 9.59 Å². The lowest BCUT2D eigenvalue weighted by Crippen LogP contribution is -2.35. The average molecular weight is 354 g/mol. The van der Waals surface area contributed by atoms with Gasteiger partial charge in [0.15, 0.2) is 0 Å². The first-order valence-corrected chi connectivity index (χ1v) is 5.93. The van der Waals surface area contributed by atoms with E-state index in [2.05, 4.69) is 24.4 Å². The lowest BCUT2D eigenvalue weighted by atomic mass is 10.2.